The quantitative estimate of drug-likeness (QED) is 0.770. The average Bonchev–Trinajstić information content (AvgIpc) is 2.81. The highest BCUT2D eigenvalue weighted by Gasteiger charge is 2.18. The van der Waals surface area contributed by atoms with E-state index in [0.29, 0.717) is 12.2 Å². The topological polar surface area (TPSA) is 66.4 Å². The predicted molar refractivity (Wildman–Crippen MR) is 75.0 cm³/mol. The van der Waals surface area contributed by atoms with Crippen LogP contribution >= 0.6 is 23.1 Å². The third kappa shape index (κ3) is 5.55. The molecule has 1 heterocycles. The lowest BCUT2D eigenvalue weighted by atomic mass is 10.2. The number of thioether (sulfide) groups is 1. The predicted octanol–water partition coefficient (Wildman–Crippen LogP) is 2.35. The van der Waals surface area contributed by atoms with Gasteiger partial charge in [-0.1, -0.05) is 19.4 Å². The smallest absolute Gasteiger partial charge is 0.326 e. The van der Waals surface area contributed by atoms with E-state index in [2.05, 4.69) is 5.32 Å². The van der Waals surface area contributed by atoms with Crippen LogP contribution in [0, 0.1) is 0 Å². The van der Waals surface area contributed by atoms with Gasteiger partial charge < -0.3 is 10.4 Å². The monoisotopic (exact) mass is 287 g/mol. The van der Waals surface area contributed by atoms with Crippen molar-refractivity contribution in [1.29, 1.82) is 0 Å². The highest BCUT2D eigenvalue weighted by atomic mass is 32.2. The van der Waals surface area contributed by atoms with Gasteiger partial charge in [0.2, 0.25) is 5.91 Å². The van der Waals surface area contributed by atoms with Gasteiger partial charge >= 0.3 is 5.97 Å². The van der Waals surface area contributed by atoms with Crippen LogP contribution in [0.3, 0.4) is 0 Å². The van der Waals surface area contributed by atoms with E-state index in [1.54, 1.807) is 11.3 Å². The number of carboxylic acids is 1. The number of carbonyl (C=O) groups is 2. The fourth-order valence-corrected chi connectivity index (χ4v) is 3.10. The molecular weight excluding hydrogens is 270 g/mol. The summed E-state index contributed by atoms with van der Waals surface area (Å²) >= 11 is 3.15. The van der Waals surface area contributed by atoms with E-state index in [1.165, 1.54) is 16.6 Å². The van der Waals surface area contributed by atoms with E-state index < -0.39 is 12.0 Å². The molecule has 0 aliphatic carbocycles. The first-order chi connectivity index (χ1) is 8.63. The maximum Gasteiger partial charge on any atom is 0.326 e. The Kier molecular flexibility index (Phi) is 6.82. The molecule has 0 spiro atoms. The minimum absolute atomic E-state index is 0.211. The van der Waals surface area contributed by atoms with Crippen molar-refractivity contribution in [3.05, 3.63) is 22.4 Å². The number of aliphatic carboxylic acids is 1. The Bertz CT molecular complexity index is 379. The number of nitrogens with one attached hydrogen (secondary N) is 1. The van der Waals surface area contributed by atoms with E-state index in [0.717, 1.165) is 12.2 Å². The summed E-state index contributed by atoms with van der Waals surface area (Å²) in [7, 11) is 0. The average molecular weight is 287 g/mol. The molecule has 0 aromatic carbocycles. The molecule has 0 fully saturated rings. The van der Waals surface area contributed by atoms with Crippen LogP contribution in [0.1, 0.15) is 24.6 Å². The molecule has 2 N–H and O–H groups in total. The minimum Gasteiger partial charge on any atom is -0.480 e. The van der Waals surface area contributed by atoms with Gasteiger partial charge in [-0.05, 0) is 17.9 Å². The summed E-state index contributed by atoms with van der Waals surface area (Å²) in [6.45, 7) is 1.90. The molecule has 0 aliphatic rings. The minimum atomic E-state index is -0.964. The molecule has 1 rings (SSSR count). The molecule has 0 radical (unpaired) electrons. The Hall–Kier alpha value is -1.01. The van der Waals surface area contributed by atoms with Gasteiger partial charge in [-0.2, -0.15) is 0 Å². The van der Waals surface area contributed by atoms with Crippen LogP contribution in [-0.4, -0.2) is 28.8 Å². The van der Waals surface area contributed by atoms with E-state index in [9.17, 15) is 9.59 Å². The first-order valence-corrected chi connectivity index (χ1v) is 7.79. The van der Waals surface area contributed by atoms with Gasteiger partial charge in [0, 0.05) is 10.6 Å². The maximum absolute atomic E-state index is 11.6. The number of carbonyl (C=O) groups excluding carboxylic acids is 1. The molecule has 6 heteroatoms. The van der Waals surface area contributed by atoms with Crippen molar-refractivity contribution in [2.75, 3.05) is 5.75 Å². The third-order valence-corrected chi connectivity index (χ3v) is 4.31. The highest BCUT2D eigenvalue weighted by Crippen LogP contribution is 2.16. The second-order valence-electron chi connectivity index (χ2n) is 3.82. The van der Waals surface area contributed by atoms with Gasteiger partial charge in [0.15, 0.2) is 0 Å². The molecular formula is C12H17NO3S2. The normalized spacial score (nSPS) is 12.1. The van der Waals surface area contributed by atoms with E-state index >= 15 is 0 Å². The van der Waals surface area contributed by atoms with E-state index in [-0.39, 0.29) is 5.91 Å². The van der Waals surface area contributed by atoms with E-state index in [4.69, 9.17) is 5.11 Å². The molecule has 100 valence electrons. The van der Waals surface area contributed by atoms with Gasteiger partial charge in [-0.15, -0.1) is 23.1 Å². The summed E-state index contributed by atoms with van der Waals surface area (Å²) in [6, 6.07) is 3.24. The fourth-order valence-electron chi connectivity index (χ4n) is 1.42. The standard InChI is InChI=1S/C12H17NO3S2/c1-2-4-10(12(15)16)13-11(14)8-17-7-9-5-3-6-18-9/h3,5-6,10H,2,4,7-8H2,1H3,(H,13,14)(H,15,16)/t10-/m0/s1. The van der Waals surface area contributed by atoms with Crippen molar-refractivity contribution in [2.24, 2.45) is 0 Å². The van der Waals surface area contributed by atoms with Crippen molar-refractivity contribution in [3.8, 4) is 0 Å². The van der Waals surface area contributed by atoms with Crippen LogP contribution in [0.5, 0.6) is 0 Å². The Morgan fingerprint density at radius 3 is 2.89 bits per heavy atom. The van der Waals surface area contributed by atoms with Gasteiger partial charge in [0.25, 0.3) is 0 Å². The molecule has 0 bridgehead atoms. The Morgan fingerprint density at radius 1 is 1.56 bits per heavy atom. The highest BCUT2D eigenvalue weighted by molar-refractivity contribution is 7.99. The Morgan fingerprint density at radius 2 is 2.33 bits per heavy atom. The number of carboxylic acid groups (broad SMARTS) is 1. The zero-order chi connectivity index (χ0) is 13.4. The van der Waals surface area contributed by atoms with Crippen molar-refractivity contribution in [1.82, 2.24) is 5.32 Å². The van der Waals surface area contributed by atoms with Crippen LogP contribution in [0.4, 0.5) is 0 Å². The molecule has 0 aliphatic heterocycles. The zero-order valence-electron chi connectivity index (χ0n) is 10.2. The second kappa shape index (κ2) is 8.16. The number of amides is 1. The van der Waals surface area contributed by atoms with Gasteiger partial charge in [-0.3, -0.25) is 4.79 Å². The third-order valence-electron chi connectivity index (χ3n) is 2.27. The summed E-state index contributed by atoms with van der Waals surface area (Å²) in [6.07, 6.45) is 1.20. The number of rotatable bonds is 8. The molecule has 1 aromatic heterocycles. The molecule has 1 aromatic rings. The van der Waals surface area contributed by atoms with Crippen molar-refractivity contribution < 1.29 is 14.7 Å². The van der Waals surface area contributed by atoms with Crippen LogP contribution in [0.15, 0.2) is 17.5 Å². The lowest BCUT2D eigenvalue weighted by Gasteiger charge is -2.13. The number of hydrogen-bond donors (Lipinski definition) is 2. The summed E-state index contributed by atoms with van der Waals surface area (Å²) in [5, 5.41) is 13.4. The van der Waals surface area contributed by atoms with Crippen molar-refractivity contribution in [3.63, 3.8) is 0 Å². The molecule has 4 nitrogen and oxygen atoms in total. The van der Waals surface area contributed by atoms with Crippen LogP contribution < -0.4 is 5.32 Å². The van der Waals surface area contributed by atoms with Crippen LogP contribution in [-0.2, 0) is 15.3 Å². The number of thiophene rings is 1. The van der Waals surface area contributed by atoms with Gasteiger partial charge in [0.05, 0.1) is 5.75 Å². The maximum atomic E-state index is 11.6. The Balaban J connectivity index is 2.25. The lowest BCUT2D eigenvalue weighted by Crippen LogP contribution is -2.41. The largest absolute Gasteiger partial charge is 0.480 e. The fraction of sp³-hybridized carbons (Fsp3) is 0.500. The summed E-state index contributed by atoms with van der Waals surface area (Å²) in [5.41, 5.74) is 0. The lowest BCUT2D eigenvalue weighted by molar-refractivity contribution is -0.141. The van der Waals surface area contributed by atoms with Gasteiger partial charge in [-0.25, -0.2) is 4.79 Å². The molecule has 1 amide bonds. The SMILES string of the molecule is CCC[C@H](NC(=O)CSCc1cccs1)C(=O)O. The molecule has 1 atom stereocenters. The van der Waals surface area contributed by atoms with Crippen LogP contribution in [0.2, 0.25) is 0 Å². The van der Waals surface area contributed by atoms with Crippen LogP contribution in [0.25, 0.3) is 0 Å². The molecule has 18 heavy (non-hydrogen) atoms. The second-order valence-corrected chi connectivity index (χ2v) is 5.84. The summed E-state index contributed by atoms with van der Waals surface area (Å²) in [5.74, 6) is -0.0898. The van der Waals surface area contributed by atoms with Crippen molar-refractivity contribution in [2.45, 2.75) is 31.6 Å². The Labute approximate surface area is 115 Å². The first kappa shape index (κ1) is 15.0. The van der Waals surface area contributed by atoms with Gasteiger partial charge in [0.1, 0.15) is 6.04 Å². The molecule has 0 unspecified atom stereocenters. The zero-order valence-corrected chi connectivity index (χ0v) is 11.9. The van der Waals surface area contributed by atoms with Crippen molar-refractivity contribution >= 4 is 35.0 Å². The first-order valence-electron chi connectivity index (χ1n) is 5.75. The molecule has 0 saturated carbocycles. The summed E-state index contributed by atoms with van der Waals surface area (Å²) in [4.78, 5) is 23.7. The van der Waals surface area contributed by atoms with E-state index in [1.807, 2.05) is 24.4 Å². The summed E-state index contributed by atoms with van der Waals surface area (Å²) < 4.78 is 0. The number of hydrogen-bond acceptors (Lipinski definition) is 4. The molecule has 0 saturated heterocycles.